The quantitative estimate of drug-likeness (QED) is 0.779. The molecular formula is C17H24N4O3. The predicted molar refractivity (Wildman–Crippen MR) is 92.3 cm³/mol. The van der Waals surface area contributed by atoms with Gasteiger partial charge in [0.1, 0.15) is 0 Å². The molecule has 0 aliphatic carbocycles. The second-order valence-corrected chi connectivity index (χ2v) is 6.11. The lowest BCUT2D eigenvalue weighted by Crippen LogP contribution is -2.42. The van der Waals surface area contributed by atoms with Crippen LogP contribution in [0.2, 0.25) is 0 Å². The number of hydrogen-bond donors (Lipinski definition) is 3. The molecule has 7 heteroatoms. The van der Waals surface area contributed by atoms with Gasteiger partial charge in [0.2, 0.25) is 5.91 Å². The number of nitrogens with zero attached hydrogens (tertiary/aromatic N) is 1. The maximum absolute atomic E-state index is 12.0. The Morgan fingerprint density at radius 1 is 1.25 bits per heavy atom. The molecule has 0 saturated carbocycles. The Bertz CT molecular complexity index is 599. The molecule has 24 heavy (non-hydrogen) atoms. The predicted octanol–water partition coefficient (Wildman–Crippen LogP) is 1.42. The van der Waals surface area contributed by atoms with Gasteiger partial charge in [0.05, 0.1) is 13.2 Å². The van der Waals surface area contributed by atoms with E-state index in [1.807, 2.05) is 18.2 Å². The number of nitrogens with one attached hydrogen (secondary N) is 3. The Morgan fingerprint density at radius 2 is 2.08 bits per heavy atom. The summed E-state index contributed by atoms with van der Waals surface area (Å²) < 4.78 is 5.30. The number of amides is 3. The van der Waals surface area contributed by atoms with Crippen LogP contribution in [0.5, 0.6) is 0 Å². The largest absolute Gasteiger partial charge is 0.379 e. The van der Waals surface area contributed by atoms with E-state index in [2.05, 4.69) is 20.9 Å². The van der Waals surface area contributed by atoms with Crippen LogP contribution in [0, 0.1) is 0 Å². The average molecular weight is 332 g/mol. The van der Waals surface area contributed by atoms with Crippen LogP contribution >= 0.6 is 0 Å². The number of carbonyl (C=O) groups is 2. The van der Waals surface area contributed by atoms with Crippen LogP contribution in [0.3, 0.4) is 0 Å². The van der Waals surface area contributed by atoms with E-state index in [-0.39, 0.29) is 11.9 Å². The number of ether oxygens (including phenoxy) is 1. The van der Waals surface area contributed by atoms with E-state index in [0.717, 1.165) is 62.6 Å². The Morgan fingerprint density at radius 3 is 2.92 bits per heavy atom. The van der Waals surface area contributed by atoms with Gasteiger partial charge < -0.3 is 20.7 Å². The molecule has 1 aromatic carbocycles. The summed E-state index contributed by atoms with van der Waals surface area (Å²) in [4.78, 5) is 25.8. The number of carbonyl (C=O) groups excluding carboxylic acids is 2. The number of fused-ring (bicyclic) bond motifs is 1. The summed E-state index contributed by atoms with van der Waals surface area (Å²) in [5, 5.41) is 8.62. The zero-order chi connectivity index (χ0) is 16.8. The zero-order valence-corrected chi connectivity index (χ0v) is 13.8. The van der Waals surface area contributed by atoms with Gasteiger partial charge in [-0.2, -0.15) is 0 Å². The van der Waals surface area contributed by atoms with Gasteiger partial charge in [0.15, 0.2) is 0 Å². The van der Waals surface area contributed by atoms with E-state index in [0.29, 0.717) is 13.0 Å². The highest BCUT2D eigenvalue weighted by molar-refractivity contribution is 5.94. The van der Waals surface area contributed by atoms with Gasteiger partial charge in [0, 0.05) is 44.0 Å². The molecule has 0 aromatic heterocycles. The monoisotopic (exact) mass is 332 g/mol. The fourth-order valence-electron chi connectivity index (χ4n) is 2.98. The maximum Gasteiger partial charge on any atom is 0.319 e. The summed E-state index contributed by atoms with van der Waals surface area (Å²) >= 11 is 0. The molecule has 1 fully saturated rings. The number of benzene rings is 1. The highest BCUT2D eigenvalue weighted by atomic mass is 16.5. The maximum atomic E-state index is 12.0. The molecule has 130 valence electrons. The topological polar surface area (TPSA) is 82.7 Å². The summed E-state index contributed by atoms with van der Waals surface area (Å²) in [7, 11) is 0. The molecule has 0 bridgehead atoms. The van der Waals surface area contributed by atoms with Crippen molar-refractivity contribution in [1.82, 2.24) is 10.2 Å². The third-order valence-corrected chi connectivity index (χ3v) is 4.30. The first kappa shape index (κ1) is 16.7. The molecule has 2 aliphatic rings. The molecule has 0 atom stereocenters. The Kier molecular flexibility index (Phi) is 5.66. The minimum atomic E-state index is -0.208. The third kappa shape index (κ3) is 4.69. The second-order valence-electron chi connectivity index (χ2n) is 6.11. The third-order valence-electron chi connectivity index (χ3n) is 4.30. The first-order valence-corrected chi connectivity index (χ1v) is 8.48. The SMILES string of the molecule is O=C1CCCc2cc(NC(=O)NCCN3CCOCC3)ccc2N1. The number of morpholine rings is 1. The first-order valence-electron chi connectivity index (χ1n) is 8.48. The molecular weight excluding hydrogens is 308 g/mol. The van der Waals surface area contributed by atoms with E-state index in [1.165, 1.54) is 0 Å². The van der Waals surface area contributed by atoms with Crippen molar-refractivity contribution in [1.29, 1.82) is 0 Å². The highest BCUT2D eigenvalue weighted by Gasteiger charge is 2.14. The number of hydrogen-bond acceptors (Lipinski definition) is 4. The van der Waals surface area contributed by atoms with E-state index < -0.39 is 0 Å². The molecule has 0 unspecified atom stereocenters. The smallest absolute Gasteiger partial charge is 0.319 e. The van der Waals surface area contributed by atoms with Crippen LogP contribution in [-0.2, 0) is 16.0 Å². The lowest BCUT2D eigenvalue weighted by molar-refractivity contribution is -0.116. The van der Waals surface area contributed by atoms with Crippen LogP contribution in [0.15, 0.2) is 18.2 Å². The van der Waals surface area contributed by atoms with E-state index in [1.54, 1.807) is 0 Å². The summed E-state index contributed by atoms with van der Waals surface area (Å²) in [6, 6.07) is 5.39. The fourth-order valence-corrected chi connectivity index (χ4v) is 2.98. The van der Waals surface area contributed by atoms with Gasteiger partial charge in [0.25, 0.3) is 0 Å². The minimum absolute atomic E-state index is 0.0512. The molecule has 7 nitrogen and oxygen atoms in total. The van der Waals surface area contributed by atoms with E-state index >= 15 is 0 Å². The van der Waals surface area contributed by atoms with Crippen molar-refractivity contribution in [3.05, 3.63) is 23.8 Å². The zero-order valence-electron chi connectivity index (χ0n) is 13.8. The molecule has 3 N–H and O–H groups in total. The molecule has 1 saturated heterocycles. The highest BCUT2D eigenvalue weighted by Crippen LogP contribution is 2.25. The van der Waals surface area contributed by atoms with Crippen molar-refractivity contribution in [3.63, 3.8) is 0 Å². The van der Waals surface area contributed by atoms with Crippen LogP contribution in [0.4, 0.5) is 16.2 Å². The Hall–Kier alpha value is -2.12. The molecule has 3 rings (SSSR count). The van der Waals surface area contributed by atoms with Crippen molar-refractivity contribution in [2.24, 2.45) is 0 Å². The second kappa shape index (κ2) is 8.12. The van der Waals surface area contributed by atoms with Crippen LogP contribution < -0.4 is 16.0 Å². The molecule has 3 amide bonds. The lowest BCUT2D eigenvalue weighted by Gasteiger charge is -2.26. The summed E-state index contributed by atoms with van der Waals surface area (Å²) in [6.07, 6.45) is 2.20. The van der Waals surface area contributed by atoms with Gasteiger partial charge in [-0.15, -0.1) is 0 Å². The van der Waals surface area contributed by atoms with Gasteiger partial charge in [-0.1, -0.05) is 0 Å². The van der Waals surface area contributed by atoms with Gasteiger partial charge in [-0.25, -0.2) is 4.79 Å². The minimum Gasteiger partial charge on any atom is -0.379 e. The van der Waals surface area contributed by atoms with Crippen LogP contribution in [-0.4, -0.2) is 56.2 Å². The van der Waals surface area contributed by atoms with Gasteiger partial charge in [-0.3, -0.25) is 9.69 Å². The molecule has 1 aromatic rings. The number of aryl methyl sites for hydroxylation is 1. The van der Waals surface area contributed by atoms with Crippen LogP contribution in [0.25, 0.3) is 0 Å². The summed E-state index contributed by atoms with van der Waals surface area (Å²) in [5.74, 6) is 0.0512. The molecule has 2 aliphatic heterocycles. The fraction of sp³-hybridized carbons (Fsp3) is 0.529. The van der Waals surface area contributed by atoms with Crippen LogP contribution in [0.1, 0.15) is 18.4 Å². The van der Waals surface area contributed by atoms with Crippen molar-refractivity contribution < 1.29 is 14.3 Å². The number of anilines is 2. The molecule has 0 radical (unpaired) electrons. The molecule has 0 spiro atoms. The average Bonchev–Trinajstić information content (AvgIpc) is 2.76. The number of rotatable bonds is 4. The van der Waals surface area contributed by atoms with Crippen molar-refractivity contribution in [3.8, 4) is 0 Å². The summed E-state index contributed by atoms with van der Waals surface area (Å²) in [6.45, 7) is 4.79. The Balaban J connectivity index is 1.47. The van der Waals surface area contributed by atoms with Gasteiger partial charge >= 0.3 is 6.03 Å². The van der Waals surface area contributed by atoms with E-state index in [9.17, 15) is 9.59 Å². The first-order chi connectivity index (χ1) is 11.7. The van der Waals surface area contributed by atoms with E-state index in [4.69, 9.17) is 4.74 Å². The van der Waals surface area contributed by atoms with Crippen molar-refractivity contribution in [2.45, 2.75) is 19.3 Å². The van der Waals surface area contributed by atoms with Gasteiger partial charge in [-0.05, 0) is 36.6 Å². The normalized spacial score (nSPS) is 18.2. The van der Waals surface area contributed by atoms with Crippen molar-refractivity contribution >= 4 is 23.3 Å². The lowest BCUT2D eigenvalue weighted by atomic mass is 10.1. The standard InChI is InChI=1S/C17H24N4O3/c22-16-3-1-2-13-12-14(4-5-15(13)20-16)19-17(23)18-6-7-21-8-10-24-11-9-21/h4-5,12H,1-3,6-11H2,(H,20,22)(H2,18,19,23). The molecule has 2 heterocycles. The van der Waals surface area contributed by atoms with Crippen molar-refractivity contribution in [2.75, 3.05) is 50.0 Å². The summed E-state index contributed by atoms with van der Waals surface area (Å²) in [5.41, 5.74) is 2.65. The number of urea groups is 1. The Labute approximate surface area is 141 Å².